The van der Waals surface area contributed by atoms with Crippen molar-refractivity contribution in [2.45, 2.75) is 26.0 Å². The topological polar surface area (TPSA) is 107 Å². The van der Waals surface area contributed by atoms with E-state index in [-0.39, 0.29) is 25.0 Å². The highest BCUT2D eigenvalue weighted by Crippen LogP contribution is 2.34. The second kappa shape index (κ2) is 13.8. The lowest BCUT2D eigenvalue weighted by molar-refractivity contribution is -0.121. The van der Waals surface area contributed by atoms with Crippen molar-refractivity contribution >= 4 is 18.0 Å². The largest absolute Gasteiger partial charge is 0.490 e. The van der Waals surface area contributed by atoms with E-state index in [2.05, 4.69) is 15.8 Å². The zero-order chi connectivity index (χ0) is 29.1. The van der Waals surface area contributed by atoms with Crippen LogP contribution in [0.5, 0.6) is 23.0 Å². The van der Waals surface area contributed by atoms with Gasteiger partial charge in [0.25, 0.3) is 5.91 Å². The molecule has 1 aliphatic heterocycles. The molecule has 9 heteroatoms. The van der Waals surface area contributed by atoms with Crippen LogP contribution < -0.4 is 29.7 Å². The highest BCUT2D eigenvalue weighted by Gasteiger charge is 2.19. The van der Waals surface area contributed by atoms with Gasteiger partial charge in [-0.25, -0.2) is 5.43 Å². The fourth-order valence-corrected chi connectivity index (χ4v) is 4.36. The molecule has 214 valence electrons. The monoisotopic (exact) mass is 565 g/mol. The van der Waals surface area contributed by atoms with Crippen molar-refractivity contribution in [3.05, 3.63) is 119 Å². The summed E-state index contributed by atoms with van der Waals surface area (Å²) in [6.07, 6.45) is 1.54. The molecule has 0 aromatic heterocycles. The Balaban J connectivity index is 1.20. The maximum atomic E-state index is 12.8. The van der Waals surface area contributed by atoms with E-state index in [0.29, 0.717) is 41.6 Å². The average Bonchev–Trinajstić information content (AvgIpc) is 3.49. The molecule has 0 saturated heterocycles. The van der Waals surface area contributed by atoms with Crippen molar-refractivity contribution in [2.24, 2.45) is 5.10 Å². The molecule has 2 amide bonds. The van der Waals surface area contributed by atoms with Crippen LogP contribution in [0.15, 0.2) is 102 Å². The first-order valence-corrected chi connectivity index (χ1v) is 13.6. The van der Waals surface area contributed by atoms with Crippen molar-refractivity contribution in [3.63, 3.8) is 0 Å². The maximum absolute atomic E-state index is 12.8. The highest BCUT2D eigenvalue weighted by atomic mass is 16.7. The summed E-state index contributed by atoms with van der Waals surface area (Å²) in [6.45, 7) is 2.88. The summed E-state index contributed by atoms with van der Waals surface area (Å²) in [7, 11) is 0. The minimum Gasteiger partial charge on any atom is -0.490 e. The molecule has 4 aromatic carbocycles. The first-order chi connectivity index (χ1) is 20.6. The Morgan fingerprint density at radius 2 is 1.64 bits per heavy atom. The molecule has 0 bridgehead atoms. The number of amides is 2. The van der Waals surface area contributed by atoms with Crippen LogP contribution >= 0.6 is 0 Å². The first kappa shape index (κ1) is 28.2. The van der Waals surface area contributed by atoms with Crippen LogP contribution in [0.3, 0.4) is 0 Å². The van der Waals surface area contributed by atoms with Gasteiger partial charge in [-0.15, -0.1) is 0 Å². The van der Waals surface area contributed by atoms with E-state index in [4.69, 9.17) is 18.9 Å². The maximum Gasteiger partial charge on any atom is 0.251 e. The predicted molar refractivity (Wildman–Crippen MR) is 158 cm³/mol. The van der Waals surface area contributed by atoms with E-state index in [1.54, 1.807) is 36.4 Å². The van der Waals surface area contributed by atoms with Gasteiger partial charge in [0, 0.05) is 5.56 Å². The number of rotatable bonds is 12. The Morgan fingerprint density at radius 3 is 2.43 bits per heavy atom. The Morgan fingerprint density at radius 1 is 0.881 bits per heavy atom. The predicted octanol–water partition coefficient (Wildman–Crippen LogP) is 5.40. The van der Waals surface area contributed by atoms with Crippen LogP contribution in [0.2, 0.25) is 0 Å². The van der Waals surface area contributed by atoms with E-state index in [0.717, 1.165) is 16.9 Å². The molecule has 4 aromatic rings. The molecule has 0 aliphatic carbocycles. The van der Waals surface area contributed by atoms with E-state index in [9.17, 15) is 9.59 Å². The number of benzene rings is 4. The van der Waals surface area contributed by atoms with Gasteiger partial charge in [0.15, 0.2) is 23.0 Å². The van der Waals surface area contributed by atoms with E-state index in [1.807, 2.05) is 67.6 Å². The second-order valence-corrected chi connectivity index (χ2v) is 9.42. The number of nitrogens with one attached hydrogen (secondary N) is 2. The fourth-order valence-electron chi connectivity index (χ4n) is 4.36. The van der Waals surface area contributed by atoms with Crippen molar-refractivity contribution in [3.8, 4) is 23.0 Å². The van der Waals surface area contributed by atoms with Crippen LogP contribution in [0, 0.1) is 0 Å². The third-order valence-electron chi connectivity index (χ3n) is 6.43. The van der Waals surface area contributed by atoms with Crippen LogP contribution in [0.25, 0.3) is 0 Å². The highest BCUT2D eigenvalue weighted by molar-refractivity contribution is 5.94. The molecule has 0 saturated carbocycles. The van der Waals surface area contributed by atoms with Gasteiger partial charge in [-0.2, -0.15) is 5.10 Å². The molecule has 5 rings (SSSR count). The second-order valence-electron chi connectivity index (χ2n) is 9.42. The number of nitrogens with zero attached hydrogens (tertiary/aromatic N) is 1. The lowest BCUT2D eigenvalue weighted by Crippen LogP contribution is -2.32. The third-order valence-corrected chi connectivity index (χ3v) is 6.43. The number of carbonyl (C=O) groups excluding carboxylic acids is 2. The quantitative estimate of drug-likeness (QED) is 0.176. The summed E-state index contributed by atoms with van der Waals surface area (Å²) in [5, 5.41) is 7.08. The lowest BCUT2D eigenvalue weighted by atomic mass is 10.0. The molecule has 0 unspecified atom stereocenters. The van der Waals surface area contributed by atoms with E-state index >= 15 is 0 Å². The van der Waals surface area contributed by atoms with E-state index in [1.165, 1.54) is 6.21 Å². The smallest absolute Gasteiger partial charge is 0.251 e. The summed E-state index contributed by atoms with van der Waals surface area (Å²) in [5.41, 5.74) is 5.55. The number of hydrogen-bond acceptors (Lipinski definition) is 7. The van der Waals surface area contributed by atoms with Gasteiger partial charge in [-0.05, 0) is 66.1 Å². The minimum atomic E-state index is -0.528. The first-order valence-electron chi connectivity index (χ1n) is 13.6. The minimum absolute atomic E-state index is 0.0107. The molecular weight excluding hydrogens is 534 g/mol. The Kier molecular flexibility index (Phi) is 9.31. The van der Waals surface area contributed by atoms with Gasteiger partial charge < -0.3 is 24.3 Å². The SMILES string of the molecule is CCOc1cc(/C=N\NC(=O)C[C@@H](NC(=O)c2ccccc2)c2ccccc2)ccc1OCc1ccc2c(c1)OCO2. The van der Waals surface area contributed by atoms with Crippen LogP contribution in [-0.4, -0.2) is 31.4 Å². The number of hydrazone groups is 1. The van der Waals surface area contributed by atoms with Gasteiger partial charge in [-0.3, -0.25) is 9.59 Å². The zero-order valence-corrected chi connectivity index (χ0v) is 23.1. The summed E-state index contributed by atoms with van der Waals surface area (Å²) in [5.74, 6) is 1.95. The molecule has 42 heavy (non-hydrogen) atoms. The third kappa shape index (κ3) is 7.45. The van der Waals surface area contributed by atoms with Gasteiger partial charge in [0.05, 0.1) is 25.3 Å². The van der Waals surface area contributed by atoms with E-state index < -0.39 is 6.04 Å². The molecule has 9 nitrogen and oxygen atoms in total. The standard InChI is InChI=1S/C33H31N3O6/c1-2-39-30-17-23(13-15-28(30)40-21-24-14-16-29-31(18-24)42-22-41-29)20-34-36-32(37)19-27(25-9-5-3-6-10-25)35-33(38)26-11-7-4-8-12-26/h3-18,20,27H,2,19,21-22H2,1H3,(H,35,38)(H,36,37)/b34-20-/t27-/m1/s1. The summed E-state index contributed by atoms with van der Waals surface area (Å²) >= 11 is 0. The zero-order valence-electron chi connectivity index (χ0n) is 23.1. The molecule has 0 spiro atoms. The van der Waals surface area contributed by atoms with Gasteiger partial charge in [0.2, 0.25) is 12.7 Å². The number of hydrogen-bond donors (Lipinski definition) is 2. The van der Waals surface area contributed by atoms with Crippen molar-refractivity contribution in [2.75, 3.05) is 13.4 Å². The van der Waals surface area contributed by atoms with Gasteiger partial charge in [-0.1, -0.05) is 54.6 Å². The Labute approximate surface area is 244 Å². The molecule has 2 N–H and O–H groups in total. The fraction of sp³-hybridized carbons (Fsp3) is 0.182. The summed E-state index contributed by atoms with van der Waals surface area (Å²) in [4.78, 5) is 25.6. The van der Waals surface area contributed by atoms with Gasteiger partial charge >= 0.3 is 0 Å². The number of ether oxygens (including phenoxy) is 4. The van der Waals surface area contributed by atoms with Crippen LogP contribution in [-0.2, 0) is 11.4 Å². The summed E-state index contributed by atoms with van der Waals surface area (Å²) < 4.78 is 22.6. The molecule has 0 fully saturated rings. The molecule has 1 atom stereocenters. The number of fused-ring (bicyclic) bond motifs is 1. The van der Waals surface area contributed by atoms with Crippen LogP contribution in [0.4, 0.5) is 0 Å². The Bertz CT molecular complexity index is 1540. The average molecular weight is 566 g/mol. The van der Waals surface area contributed by atoms with Crippen molar-refractivity contribution in [1.82, 2.24) is 10.7 Å². The number of carbonyl (C=O) groups is 2. The molecule has 1 aliphatic rings. The Hall–Kier alpha value is -5.31. The molecule has 0 radical (unpaired) electrons. The van der Waals surface area contributed by atoms with Gasteiger partial charge in [0.1, 0.15) is 6.61 Å². The van der Waals surface area contributed by atoms with Crippen molar-refractivity contribution in [1.29, 1.82) is 0 Å². The molecule has 1 heterocycles. The summed E-state index contributed by atoms with van der Waals surface area (Å²) in [6, 6.07) is 28.8. The normalized spacial score (nSPS) is 12.5. The van der Waals surface area contributed by atoms with Crippen molar-refractivity contribution < 1.29 is 28.5 Å². The molecular formula is C33H31N3O6. The van der Waals surface area contributed by atoms with Crippen LogP contribution in [0.1, 0.15) is 46.4 Å². The lowest BCUT2D eigenvalue weighted by Gasteiger charge is -2.18.